The molecule has 0 heterocycles. The van der Waals surface area contributed by atoms with Crippen molar-refractivity contribution in [3.05, 3.63) is 36.0 Å². The van der Waals surface area contributed by atoms with E-state index in [-0.39, 0.29) is 5.57 Å². The molecule has 0 aromatic heterocycles. The van der Waals surface area contributed by atoms with Crippen LogP contribution in [0.3, 0.4) is 0 Å². The number of nitrogens with zero attached hydrogens (tertiary/aromatic N) is 1. The summed E-state index contributed by atoms with van der Waals surface area (Å²) in [6, 6.07) is 9.41. The first kappa shape index (κ1) is 16.9. The predicted octanol–water partition coefficient (Wildman–Crippen LogP) is 3.35. The van der Waals surface area contributed by atoms with Crippen molar-refractivity contribution in [2.24, 2.45) is 0 Å². The highest BCUT2D eigenvalue weighted by atomic mass is 16.5. The van der Waals surface area contributed by atoms with Crippen molar-refractivity contribution in [1.29, 1.82) is 5.26 Å². The number of nitriles is 1. The molecule has 23 heavy (non-hydrogen) atoms. The lowest BCUT2D eigenvalue weighted by Gasteiger charge is -2.21. The topological polar surface area (TPSA) is 74.1 Å². The maximum absolute atomic E-state index is 12.2. The summed E-state index contributed by atoms with van der Waals surface area (Å²) in [6.45, 7) is 2.51. The van der Waals surface area contributed by atoms with Gasteiger partial charge < -0.3 is 15.4 Å². The SMILES string of the molecule is CCOc1ccc(NC(=O)/C(C#N)=C\NC2CCCCC2)cc1. The van der Waals surface area contributed by atoms with E-state index in [1.165, 1.54) is 19.3 Å². The van der Waals surface area contributed by atoms with E-state index in [9.17, 15) is 10.1 Å². The summed E-state index contributed by atoms with van der Waals surface area (Å²) in [5.74, 6) is 0.348. The van der Waals surface area contributed by atoms with Crippen LogP contribution < -0.4 is 15.4 Å². The van der Waals surface area contributed by atoms with Gasteiger partial charge in [-0.1, -0.05) is 19.3 Å². The molecule has 5 nitrogen and oxygen atoms in total. The largest absolute Gasteiger partial charge is 0.494 e. The zero-order valence-electron chi connectivity index (χ0n) is 13.5. The third kappa shape index (κ3) is 5.33. The molecule has 0 radical (unpaired) electrons. The first-order valence-electron chi connectivity index (χ1n) is 8.13. The van der Waals surface area contributed by atoms with E-state index in [2.05, 4.69) is 10.6 Å². The van der Waals surface area contributed by atoms with Gasteiger partial charge in [0.1, 0.15) is 17.4 Å². The van der Waals surface area contributed by atoms with Crippen LogP contribution in [0.2, 0.25) is 0 Å². The van der Waals surface area contributed by atoms with E-state index < -0.39 is 5.91 Å². The monoisotopic (exact) mass is 313 g/mol. The molecule has 1 aliphatic rings. The van der Waals surface area contributed by atoms with Crippen molar-refractivity contribution in [2.45, 2.75) is 45.1 Å². The molecular weight excluding hydrogens is 290 g/mol. The standard InChI is InChI=1S/C18H23N3O2/c1-2-23-17-10-8-16(9-11-17)21-18(22)14(12-19)13-20-15-6-4-3-5-7-15/h8-11,13,15,20H,2-7H2,1H3,(H,21,22)/b14-13-. The number of carbonyl (C=O) groups excluding carboxylic acids is 1. The van der Waals surface area contributed by atoms with Crippen LogP contribution in [0.25, 0.3) is 0 Å². The van der Waals surface area contributed by atoms with Crippen molar-refractivity contribution < 1.29 is 9.53 Å². The van der Waals surface area contributed by atoms with Gasteiger partial charge in [-0.3, -0.25) is 4.79 Å². The molecule has 0 unspecified atom stereocenters. The molecule has 1 fully saturated rings. The number of hydrogen-bond donors (Lipinski definition) is 2. The van der Waals surface area contributed by atoms with Gasteiger partial charge in [0.15, 0.2) is 0 Å². The van der Waals surface area contributed by atoms with Crippen molar-refractivity contribution in [2.75, 3.05) is 11.9 Å². The smallest absolute Gasteiger partial charge is 0.267 e. The maximum atomic E-state index is 12.2. The Balaban J connectivity index is 1.92. The Morgan fingerprint density at radius 2 is 2.00 bits per heavy atom. The first-order chi connectivity index (χ1) is 11.2. The number of hydrogen-bond acceptors (Lipinski definition) is 4. The van der Waals surface area contributed by atoms with Crippen molar-refractivity contribution in [3.8, 4) is 11.8 Å². The number of ether oxygens (including phenoxy) is 1. The van der Waals surface area contributed by atoms with E-state index >= 15 is 0 Å². The molecule has 0 spiro atoms. The molecule has 2 N–H and O–H groups in total. The fourth-order valence-electron chi connectivity index (χ4n) is 2.62. The minimum Gasteiger partial charge on any atom is -0.494 e. The van der Waals surface area contributed by atoms with Crippen LogP contribution in [-0.4, -0.2) is 18.6 Å². The third-order valence-corrected chi connectivity index (χ3v) is 3.86. The average molecular weight is 313 g/mol. The van der Waals surface area contributed by atoms with Gasteiger partial charge in [-0.25, -0.2) is 0 Å². The van der Waals surface area contributed by atoms with Gasteiger partial charge in [0.25, 0.3) is 5.91 Å². The molecule has 0 saturated heterocycles. The van der Waals surface area contributed by atoms with E-state index in [4.69, 9.17) is 4.74 Å². The molecule has 1 saturated carbocycles. The molecule has 122 valence electrons. The molecule has 1 aliphatic carbocycles. The molecule has 0 bridgehead atoms. The lowest BCUT2D eigenvalue weighted by molar-refractivity contribution is -0.112. The van der Waals surface area contributed by atoms with Crippen LogP contribution >= 0.6 is 0 Å². The normalized spacial score (nSPS) is 15.6. The van der Waals surface area contributed by atoms with Crippen molar-refractivity contribution in [3.63, 3.8) is 0 Å². The van der Waals surface area contributed by atoms with E-state index in [0.717, 1.165) is 18.6 Å². The van der Waals surface area contributed by atoms with Gasteiger partial charge in [-0.15, -0.1) is 0 Å². The number of benzene rings is 1. The van der Waals surface area contributed by atoms with Crippen LogP contribution in [0, 0.1) is 11.3 Å². The molecule has 0 aliphatic heterocycles. The molecule has 1 aromatic rings. The van der Waals surface area contributed by atoms with Crippen molar-refractivity contribution >= 4 is 11.6 Å². The van der Waals surface area contributed by atoms with E-state index in [1.54, 1.807) is 30.5 Å². The highest BCUT2D eigenvalue weighted by Gasteiger charge is 2.14. The molecule has 1 aromatic carbocycles. The third-order valence-electron chi connectivity index (χ3n) is 3.86. The van der Waals surface area contributed by atoms with Gasteiger partial charge in [0, 0.05) is 17.9 Å². The molecule has 0 atom stereocenters. The summed E-state index contributed by atoms with van der Waals surface area (Å²) < 4.78 is 5.35. The minimum absolute atomic E-state index is 0.0875. The Bertz CT molecular complexity index is 581. The van der Waals surface area contributed by atoms with Crippen LogP contribution in [0.5, 0.6) is 5.75 Å². The van der Waals surface area contributed by atoms with E-state index in [0.29, 0.717) is 18.3 Å². The lowest BCUT2D eigenvalue weighted by atomic mass is 9.96. The maximum Gasteiger partial charge on any atom is 0.267 e. The lowest BCUT2D eigenvalue weighted by Crippen LogP contribution is -2.28. The van der Waals surface area contributed by atoms with Gasteiger partial charge in [-0.05, 0) is 44.0 Å². The Kier molecular flexibility index (Phi) is 6.49. The second kappa shape index (κ2) is 8.84. The Morgan fingerprint density at radius 3 is 2.61 bits per heavy atom. The summed E-state index contributed by atoms with van der Waals surface area (Å²) in [5, 5.41) is 15.1. The molecular formula is C18H23N3O2. The minimum atomic E-state index is -0.403. The molecule has 2 rings (SSSR count). The Labute approximate surface area is 137 Å². The van der Waals surface area contributed by atoms with Crippen molar-refractivity contribution in [1.82, 2.24) is 5.32 Å². The number of amides is 1. The number of anilines is 1. The second-order valence-electron chi connectivity index (χ2n) is 5.58. The average Bonchev–Trinajstić information content (AvgIpc) is 2.58. The zero-order valence-corrected chi connectivity index (χ0v) is 13.5. The molecule has 1 amide bonds. The van der Waals surface area contributed by atoms with Crippen LogP contribution in [0.4, 0.5) is 5.69 Å². The van der Waals surface area contributed by atoms with Gasteiger partial charge in [0.2, 0.25) is 0 Å². The highest BCUT2D eigenvalue weighted by molar-refractivity contribution is 6.06. The summed E-state index contributed by atoms with van der Waals surface area (Å²) in [7, 11) is 0. The van der Waals surface area contributed by atoms with Crippen LogP contribution in [0.1, 0.15) is 39.0 Å². The quantitative estimate of drug-likeness (QED) is 0.624. The van der Waals surface area contributed by atoms with E-state index in [1.807, 2.05) is 13.0 Å². The highest BCUT2D eigenvalue weighted by Crippen LogP contribution is 2.18. The van der Waals surface area contributed by atoms with Gasteiger partial charge in [-0.2, -0.15) is 5.26 Å². The predicted molar refractivity (Wildman–Crippen MR) is 89.9 cm³/mol. The van der Waals surface area contributed by atoms with Gasteiger partial charge >= 0.3 is 0 Å². The summed E-state index contributed by atoms with van der Waals surface area (Å²) in [5.41, 5.74) is 0.724. The second-order valence-corrected chi connectivity index (χ2v) is 5.58. The molecule has 5 heteroatoms. The summed E-state index contributed by atoms with van der Waals surface area (Å²) >= 11 is 0. The fraction of sp³-hybridized carbons (Fsp3) is 0.444. The number of carbonyl (C=O) groups is 1. The van der Waals surface area contributed by atoms with Crippen LogP contribution in [0.15, 0.2) is 36.0 Å². The zero-order chi connectivity index (χ0) is 16.5. The summed E-state index contributed by atoms with van der Waals surface area (Å²) in [4.78, 5) is 12.2. The van der Waals surface area contributed by atoms with Gasteiger partial charge in [0.05, 0.1) is 6.61 Å². The van der Waals surface area contributed by atoms with Crippen LogP contribution in [-0.2, 0) is 4.79 Å². The summed E-state index contributed by atoms with van der Waals surface area (Å²) in [6.07, 6.45) is 7.40. The first-order valence-corrected chi connectivity index (χ1v) is 8.13. The Morgan fingerprint density at radius 1 is 1.30 bits per heavy atom. The fourth-order valence-corrected chi connectivity index (χ4v) is 2.62. The number of rotatable bonds is 6. The Hall–Kier alpha value is -2.48. The number of nitrogens with one attached hydrogen (secondary N) is 2.